The second kappa shape index (κ2) is 9.28. The summed E-state index contributed by atoms with van der Waals surface area (Å²) in [7, 11) is 0. The van der Waals surface area contributed by atoms with Crippen LogP contribution in [-0.2, 0) is 0 Å². The summed E-state index contributed by atoms with van der Waals surface area (Å²) < 4.78 is 0. The molecule has 3 aromatic rings. The van der Waals surface area contributed by atoms with E-state index in [9.17, 15) is 4.79 Å². The maximum atomic E-state index is 12.7. The summed E-state index contributed by atoms with van der Waals surface area (Å²) >= 11 is 12.2. The first kappa shape index (κ1) is 21.7. The third-order valence-corrected chi connectivity index (χ3v) is 6.46. The van der Waals surface area contributed by atoms with Crippen LogP contribution in [0.15, 0.2) is 42.5 Å². The lowest BCUT2D eigenvalue weighted by atomic mass is 10.1. The molecule has 1 fully saturated rings. The third kappa shape index (κ3) is 4.55. The number of nitrogens with one attached hydrogen (secondary N) is 1. The second-order valence-electron chi connectivity index (χ2n) is 7.77. The van der Waals surface area contributed by atoms with Gasteiger partial charge in [-0.3, -0.25) is 4.79 Å². The number of aromatic nitrogens is 2. The summed E-state index contributed by atoms with van der Waals surface area (Å²) in [4.78, 5) is 17.2. The summed E-state index contributed by atoms with van der Waals surface area (Å²) in [5.41, 5.74) is 1.43. The first-order chi connectivity index (χ1) is 15.0. The Bertz CT molecular complexity index is 1100. The molecule has 8 heteroatoms. The normalized spacial score (nSPS) is 15.2. The van der Waals surface area contributed by atoms with Crippen molar-refractivity contribution in [1.82, 2.24) is 15.5 Å². The van der Waals surface area contributed by atoms with Crippen LogP contribution in [0.4, 0.5) is 11.5 Å². The van der Waals surface area contributed by atoms with Crippen LogP contribution in [0.3, 0.4) is 0 Å². The van der Waals surface area contributed by atoms with E-state index >= 15 is 0 Å². The molecule has 31 heavy (non-hydrogen) atoms. The largest absolute Gasteiger partial charge is 0.368 e. The molecule has 6 nitrogen and oxygen atoms in total. The number of carbonyl (C=O) groups excluding carboxylic acids is 1. The third-order valence-electron chi connectivity index (χ3n) is 5.72. The van der Waals surface area contributed by atoms with Gasteiger partial charge in [0.1, 0.15) is 0 Å². The molecular weight excluding hydrogens is 433 g/mol. The van der Waals surface area contributed by atoms with Crippen LogP contribution in [-0.4, -0.2) is 48.3 Å². The van der Waals surface area contributed by atoms with Crippen LogP contribution >= 0.6 is 23.2 Å². The Morgan fingerprint density at radius 3 is 2.35 bits per heavy atom. The minimum atomic E-state index is -0.186. The van der Waals surface area contributed by atoms with E-state index in [0.717, 1.165) is 54.9 Å². The van der Waals surface area contributed by atoms with Crippen LogP contribution in [0.25, 0.3) is 10.8 Å². The standard InChI is InChI=1S/C23H25Cl2N5O/c1-3-15(2)26-23(31)21-17-6-4-5-7-18(17)22(28-27-21)30-12-10-29(11-13-30)16-8-9-19(24)20(25)14-16/h4-9,14-15H,3,10-13H2,1-2H3,(H,26,31). The Hall–Kier alpha value is -2.57. The number of amides is 1. The van der Waals surface area contributed by atoms with Crippen molar-refractivity contribution in [1.29, 1.82) is 0 Å². The quantitative estimate of drug-likeness (QED) is 0.596. The molecule has 0 radical (unpaired) electrons. The lowest BCUT2D eigenvalue weighted by molar-refractivity contribution is 0.0935. The molecule has 2 heterocycles. The summed E-state index contributed by atoms with van der Waals surface area (Å²) in [6, 6.07) is 13.6. The summed E-state index contributed by atoms with van der Waals surface area (Å²) in [5.74, 6) is 0.624. The zero-order chi connectivity index (χ0) is 22.0. The number of hydrogen-bond donors (Lipinski definition) is 1. The number of fused-ring (bicyclic) bond motifs is 1. The van der Waals surface area contributed by atoms with E-state index in [-0.39, 0.29) is 11.9 Å². The van der Waals surface area contributed by atoms with Crippen molar-refractivity contribution < 1.29 is 4.79 Å². The predicted molar refractivity (Wildman–Crippen MR) is 128 cm³/mol. The molecule has 1 saturated heterocycles. The first-order valence-corrected chi connectivity index (χ1v) is 11.2. The van der Waals surface area contributed by atoms with E-state index in [2.05, 4.69) is 25.3 Å². The highest BCUT2D eigenvalue weighted by Gasteiger charge is 2.23. The molecule has 1 N–H and O–H groups in total. The predicted octanol–water partition coefficient (Wildman–Crippen LogP) is 4.79. The number of benzene rings is 2. The fourth-order valence-electron chi connectivity index (χ4n) is 3.74. The minimum Gasteiger partial charge on any atom is -0.368 e. The molecule has 0 aliphatic carbocycles. The topological polar surface area (TPSA) is 61.4 Å². The van der Waals surface area contributed by atoms with Crippen LogP contribution in [0.1, 0.15) is 30.8 Å². The molecule has 1 aliphatic heterocycles. The van der Waals surface area contributed by atoms with E-state index in [4.69, 9.17) is 23.2 Å². The number of anilines is 2. The monoisotopic (exact) mass is 457 g/mol. The molecule has 1 atom stereocenters. The van der Waals surface area contributed by atoms with Gasteiger partial charge in [0.2, 0.25) is 0 Å². The highest BCUT2D eigenvalue weighted by molar-refractivity contribution is 6.42. The molecule has 0 saturated carbocycles. The molecule has 4 rings (SSSR count). The Labute approximate surface area is 192 Å². The van der Waals surface area contributed by atoms with Gasteiger partial charge in [-0.05, 0) is 31.5 Å². The Kier molecular flexibility index (Phi) is 6.49. The molecule has 2 aromatic carbocycles. The number of carbonyl (C=O) groups is 1. The van der Waals surface area contributed by atoms with Crippen LogP contribution in [0.2, 0.25) is 10.0 Å². The van der Waals surface area contributed by atoms with Gasteiger partial charge in [-0.25, -0.2) is 0 Å². The SMILES string of the molecule is CCC(C)NC(=O)c1nnc(N2CCN(c3ccc(Cl)c(Cl)c3)CC2)c2ccccc12. The molecule has 1 amide bonds. The zero-order valence-corrected chi connectivity index (χ0v) is 19.1. The van der Waals surface area contributed by atoms with Crippen molar-refractivity contribution in [2.75, 3.05) is 36.0 Å². The first-order valence-electron chi connectivity index (χ1n) is 10.5. The smallest absolute Gasteiger partial charge is 0.272 e. The lowest BCUT2D eigenvalue weighted by Crippen LogP contribution is -2.47. The van der Waals surface area contributed by atoms with Gasteiger partial charge in [-0.15, -0.1) is 10.2 Å². The number of halogens is 2. The van der Waals surface area contributed by atoms with Crippen molar-refractivity contribution in [2.45, 2.75) is 26.3 Å². The van der Waals surface area contributed by atoms with Gasteiger partial charge in [-0.2, -0.15) is 0 Å². The Balaban J connectivity index is 1.56. The van der Waals surface area contributed by atoms with Crippen LogP contribution in [0.5, 0.6) is 0 Å². The molecule has 1 unspecified atom stereocenters. The lowest BCUT2D eigenvalue weighted by Gasteiger charge is -2.37. The molecule has 1 aliphatic rings. The highest BCUT2D eigenvalue weighted by Crippen LogP contribution is 2.30. The maximum absolute atomic E-state index is 12.7. The van der Waals surface area contributed by atoms with Crippen LogP contribution in [0, 0.1) is 0 Å². The van der Waals surface area contributed by atoms with E-state index in [0.29, 0.717) is 15.7 Å². The van der Waals surface area contributed by atoms with Crippen LogP contribution < -0.4 is 15.1 Å². The van der Waals surface area contributed by atoms with Crippen molar-refractivity contribution >= 4 is 51.4 Å². The second-order valence-corrected chi connectivity index (χ2v) is 8.59. The van der Waals surface area contributed by atoms with Crippen molar-refractivity contribution in [3.8, 4) is 0 Å². The molecular formula is C23H25Cl2N5O. The molecule has 162 valence electrons. The van der Waals surface area contributed by atoms with Gasteiger partial charge in [0.15, 0.2) is 11.5 Å². The van der Waals surface area contributed by atoms with E-state index in [1.165, 1.54) is 0 Å². The fraction of sp³-hybridized carbons (Fsp3) is 0.348. The zero-order valence-electron chi connectivity index (χ0n) is 17.6. The molecule has 0 bridgehead atoms. The fourth-order valence-corrected chi connectivity index (χ4v) is 4.04. The number of hydrogen-bond acceptors (Lipinski definition) is 5. The minimum absolute atomic E-state index is 0.0854. The van der Waals surface area contributed by atoms with E-state index in [1.54, 1.807) is 0 Å². The number of nitrogens with zero attached hydrogens (tertiary/aromatic N) is 4. The summed E-state index contributed by atoms with van der Waals surface area (Å²) in [5, 5.41) is 14.6. The van der Waals surface area contributed by atoms with Gasteiger partial charge in [0.25, 0.3) is 5.91 Å². The summed E-state index contributed by atoms with van der Waals surface area (Å²) in [6.45, 7) is 7.24. The summed E-state index contributed by atoms with van der Waals surface area (Å²) in [6.07, 6.45) is 0.859. The van der Waals surface area contributed by atoms with Gasteiger partial charge < -0.3 is 15.1 Å². The van der Waals surface area contributed by atoms with Crippen molar-refractivity contribution in [2.24, 2.45) is 0 Å². The Morgan fingerprint density at radius 2 is 1.68 bits per heavy atom. The maximum Gasteiger partial charge on any atom is 0.272 e. The van der Waals surface area contributed by atoms with Gasteiger partial charge in [-0.1, -0.05) is 54.4 Å². The van der Waals surface area contributed by atoms with Gasteiger partial charge in [0.05, 0.1) is 10.0 Å². The van der Waals surface area contributed by atoms with Crippen molar-refractivity contribution in [3.63, 3.8) is 0 Å². The van der Waals surface area contributed by atoms with E-state index < -0.39 is 0 Å². The average Bonchev–Trinajstić information content (AvgIpc) is 2.80. The average molecular weight is 458 g/mol. The van der Waals surface area contributed by atoms with Gasteiger partial charge >= 0.3 is 0 Å². The number of rotatable bonds is 5. The van der Waals surface area contributed by atoms with Gasteiger partial charge in [0, 0.05) is 48.7 Å². The van der Waals surface area contributed by atoms with Crippen molar-refractivity contribution in [3.05, 3.63) is 58.2 Å². The highest BCUT2D eigenvalue weighted by atomic mass is 35.5. The molecule has 1 aromatic heterocycles. The molecule has 0 spiro atoms. The number of piperazine rings is 1. The van der Waals surface area contributed by atoms with E-state index in [1.807, 2.05) is 56.3 Å². The Morgan fingerprint density at radius 1 is 1.00 bits per heavy atom.